The third kappa shape index (κ3) is 11.2. The molecule has 0 bridgehead atoms. The molecule has 1 aliphatic heterocycles. The number of rotatable bonds is 19. The summed E-state index contributed by atoms with van der Waals surface area (Å²) in [5, 5.41) is 20.3. The number of aliphatic carboxylic acids is 1. The Bertz CT molecular complexity index is 1970. The molecular weight excluding hydrogens is 743 g/mol. The number of hydrogen-bond donors (Lipinski definition) is 5. The van der Waals surface area contributed by atoms with Crippen LogP contribution in [0.2, 0.25) is 0 Å². The lowest BCUT2D eigenvalue weighted by Crippen LogP contribution is -2.60. The molecule has 2 heterocycles. The maximum absolute atomic E-state index is 14.5. The van der Waals surface area contributed by atoms with E-state index in [1.165, 1.54) is 23.5 Å². The molecule has 58 heavy (non-hydrogen) atoms. The van der Waals surface area contributed by atoms with E-state index in [9.17, 15) is 38.7 Å². The van der Waals surface area contributed by atoms with Gasteiger partial charge >= 0.3 is 5.97 Å². The number of carbonyl (C=O) groups is 7. The normalized spacial score (nSPS) is 17.0. The van der Waals surface area contributed by atoms with Crippen molar-refractivity contribution in [2.45, 2.75) is 96.9 Å². The van der Waals surface area contributed by atoms with Crippen LogP contribution < -0.4 is 21.3 Å². The highest BCUT2D eigenvalue weighted by Gasteiger charge is 2.45. The maximum atomic E-state index is 14.5. The first-order valence-electron chi connectivity index (χ1n) is 19.5. The lowest BCUT2D eigenvalue weighted by Gasteiger charge is -2.33. The van der Waals surface area contributed by atoms with Crippen LogP contribution in [0, 0.1) is 18.8 Å². The van der Waals surface area contributed by atoms with Gasteiger partial charge in [-0.1, -0.05) is 102 Å². The lowest BCUT2D eigenvalue weighted by atomic mass is 9.93. The van der Waals surface area contributed by atoms with Crippen LogP contribution in [-0.2, 0) is 35.2 Å². The highest BCUT2D eigenvalue weighted by Crippen LogP contribution is 2.29. The number of amides is 5. The molecule has 6 atom stereocenters. The van der Waals surface area contributed by atoms with Crippen LogP contribution in [0.5, 0.6) is 0 Å². The van der Waals surface area contributed by atoms with E-state index in [4.69, 9.17) is 0 Å². The number of aromatic nitrogens is 2. The van der Waals surface area contributed by atoms with Crippen LogP contribution in [0.1, 0.15) is 80.6 Å². The van der Waals surface area contributed by atoms with E-state index in [-0.39, 0.29) is 36.6 Å². The number of aryl methyl sites for hydroxylation is 1. The predicted octanol–water partition coefficient (Wildman–Crippen LogP) is 3.03. The van der Waals surface area contributed by atoms with Gasteiger partial charge in [-0.25, -0.2) is 9.78 Å². The van der Waals surface area contributed by atoms with Crippen LogP contribution in [0.15, 0.2) is 79.8 Å². The van der Waals surface area contributed by atoms with Crippen molar-refractivity contribution in [3.8, 4) is 0 Å². The molecular formula is C43H53N7O8. The van der Waals surface area contributed by atoms with Crippen molar-refractivity contribution in [2.75, 3.05) is 6.54 Å². The Labute approximate surface area is 338 Å². The number of likely N-dealkylation sites (tertiary alicyclic amines) is 1. The number of nitrogens with one attached hydrogen (secondary N) is 4. The zero-order chi connectivity index (χ0) is 42.5. The molecule has 4 rings (SSSR count). The first-order valence-corrected chi connectivity index (χ1v) is 19.5. The second-order valence-electron chi connectivity index (χ2n) is 14.8. The van der Waals surface area contributed by atoms with E-state index in [2.05, 4.69) is 37.8 Å². The maximum Gasteiger partial charge on any atom is 0.326 e. The van der Waals surface area contributed by atoms with Gasteiger partial charge in [-0.05, 0) is 53.9 Å². The van der Waals surface area contributed by atoms with Crippen LogP contribution >= 0.6 is 0 Å². The molecule has 1 saturated heterocycles. The van der Waals surface area contributed by atoms with E-state index in [0.29, 0.717) is 30.4 Å². The molecule has 1 unspecified atom stereocenters. The first kappa shape index (κ1) is 44.5. The van der Waals surface area contributed by atoms with Gasteiger partial charge in [0, 0.05) is 25.4 Å². The largest absolute Gasteiger partial charge is 0.480 e. The molecule has 1 aliphatic rings. The van der Waals surface area contributed by atoms with Gasteiger partial charge in [-0.3, -0.25) is 33.8 Å². The second kappa shape index (κ2) is 20.8. The number of benzene rings is 2. The first-order chi connectivity index (χ1) is 27.7. The summed E-state index contributed by atoms with van der Waals surface area (Å²) in [6.45, 7) is 13.3. The summed E-state index contributed by atoms with van der Waals surface area (Å²) in [7, 11) is 0. The summed E-state index contributed by atoms with van der Waals surface area (Å²) < 4.78 is 0. The fraction of sp³-hybridized carbons (Fsp3) is 0.419. The predicted molar refractivity (Wildman–Crippen MR) is 216 cm³/mol. The second-order valence-corrected chi connectivity index (χ2v) is 14.8. The van der Waals surface area contributed by atoms with Crippen LogP contribution in [0.3, 0.4) is 0 Å². The molecule has 5 N–H and O–H groups in total. The standard InChI is InChI=1S/C43H53N7O8/c1-7-14-31(37(51)41(55)47-32(43(57)58)23-28-16-10-9-11-17-28)46-40(54)36-29(8-2)19-22-50(36)42(56)34(25(3)4)48-39(53)35(27(6)30-18-13-12-15-26(30)5)49-38(52)33-24-44-20-21-45-33/h9-13,15-18,20-21,24-25,29,31-32,34-36H,6-8,14,19,22-23H2,1-5H3,(H,46,54)(H,47,55)(H,48,53)(H,49,52)(H,57,58)/t29-,31?,32-,34-,35-,36-/m0/s1. The summed E-state index contributed by atoms with van der Waals surface area (Å²) >= 11 is 0. The summed E-state index contributed by atoms with van der Waals surface area (Å²) in [4.78, 5) is 104. The molecule has 0 spiro atoms. The Hall–Kier alpha value is -6.25. The van der Waals surface area contributed by atoms with E-state index >= 15 is 0 Å². The minimum atomic E-state index is -1.39. The minimum Gasteiger partial charge on any atom is -0.480 e. The fourth-order valence-electron chi connectivity index (χ4n) is 7.09. The third-order valence-electron chi connectivity index (χ3n) is 10.3. The lowest BCUT2D eigenvalue weighted by molar-refractivity contribution is -0.146. The molecule has 5 amide bonds. The summed E-state index contributed by atoms with van der Waals surface area (Å²) in [6.07, 6.45) is 5.43. The van der Waals surface area contributed by atoms with Crippen LogP contribution in [0.25, 0.3) is 5.57 Å². The minimum absolute atomic E-state index is 0.0304. The van der Waals surface area contributed by atoms with E-state index in [0.717, 1.165) is 5.56 Å². The number of Topliss-reactive ketones (excluding diaryl/α,β-unsaturated/α-hetero) is 1. The van der Waals surface area contributed by atoms with Gasteiger partial charge in [0.25, 0.3) is 11.8 Å². The highest BCUT2D eigenvalue weighted by molar-refractivity contribution is 6.38. The molecule has 15 heteroatoms. The average molecular weight is 796 g/mol. The topological polar surface area (TPSA) is 217 Å². The quantitative estimate of drug-likeness (QED) is 0.112. The molecule has 3 aromatic rings. The number of carboxylic acid groups (broad SMARTS) is 1. The Morgan fingerprint density at radius 3 is 2.19 bits per heavy atom. The number of carbonyl (C=O) groups excluding carboxylic acids is 6. The van der Waals surface area contributed by atoms with E-state index in [1.807, 2.05) is 26.0 Å². The molecule has 0 radical (unpaired) electrons. The smallest absolute Gasteiger partial charge is 0.326 e. The van der Waals surface area contributed by atoms with Crippen molar-refractivity contribution in [3.63, 3.8) is 0 Å². The van der Waals surface area contributed by atoms with Crippen molar-refractivity contribution in [1.82, 2.24) is 36.1 Å². The molecule has 15 nitrogen and oxygen atoms in total. The molecule has 2 aromatic carbocycles. The van der Waals surface area contributed by atoms with Crippen molar-refractivity contribution in [2.24, 2.45) is 11.8 Å². The van der Waals surface area contributed by atoms with E-state index in [1.54, 1.807) is 63.2 Å². The Kier molecular flexibility index (Phi) is 15.9. The molecule has 0 saturated carbocycles. The fourth-order valence-corrected chi connectivity index (χ4v) is 7.09. The molecule has 308 valence electrons. The number of hydrogen-bond acceptors (Lipinski definition) is 9. The van der Waals surface area contributed by atoms with Gasteiger partial charge in [0.15, 0.2) is 0 Å². The van der Waals surface area contributed by atoms with Crippen molar-refractivity contribution in [1.29, 1.82) is 0 Å². The van der Waals surface area contributed by atoms with Gasteiger partial charge in [-0.15, -0.1) is 0 Å². The highest BCUT2D eigenvalue weighted by atomic mass is 16.4. The van der Waals surface area contributed by atoms with Crippen LogP contribution in [0.4, 0.5) is 0 Å². The average Bonchev–Trinajstić information content (AvgIpc) is 3.66. The molecule has 1 aromatic heterocycles. The van der Waals surface area contributed by atoms with Crippen molar-refractivity contribution in [3.05, 3.63) is 102 Å². The zero-order valence-electron chi connectivity index (χ0n) is 33.6. The van der Waals surface area contributed by atoms with Crippen molar-refractivity contribution >= 4 is 46.9 Å². The zero-order valence-corrected chi connectivity index (χ0v) is 33.6. The SMILES string of the molecule is C=C(c1ccccc1C)[C@H](NC(=O)c1cnccn1)C(=O)N[C@H](C(=O)N1CC[C@H](CC)[C@H]1C(=O)NC(CCC)C(=O)C(=O)N[C@@H](Cc1ccccc1)C(=O)O)C(C)C. The van der Waals surface area contributed by atoms with Gasteiger partial charge in [0.05, 0.1) is 12.2 Å². The summed E-state index contributed by atoms with van der Waals surface area (Å²) in [6, 6.07) is 9.68. The Morgan fingerprint density at radius 2 is 1.59 bits per heavy atom. The van der Waals surface area contributed by atoms with Gasteiger partial charge in [0.2, 0.25) is 23.5 Å². The van der Waals surface area contributed by atoms with Crippen LogP contribution in [-0.4, -0.2) is 98.0 Å². The summed E-state index contributed by atoms with van der Waals surface area (Å²) in [5.41, 5.74) is 2.32. The number of nitrogens with zero attached hydrogens (tertiary/aromatic N) is 3. The third-order valence-corrected chi connectivity index (χ3v) is 10.3. The van der Waals surface area contributed by atoms with Crippen molar-refractivity contribution < 1.29 is 38.7 Å². The number of carboxylic acids is 1. The van der Waals surface area contributed by atoms with Gasteiger partial charge < -0.3 is 31.3 Å². The Morgan fingerprint density at radius 1 is 0.897 bits per heavy atom. The van der Waals surface area contributed by atoms with E-state index < -0.39 is 77.4 Å². The molecule has 1 fully saturated rings. The summed E-state index contributed by atoms with van der Waals surface area (Å²) in [5.74, 6) is -6.83. The monoisotopic (exact) mass is 795 g/mol. The van der Waals surface area contributed by atoms with Gasteiger partial charge in [-0.2, -0.15) is 0 Å². The number of ketones is 1. The Balaban J connectivity index is 1.55. The molecule has 0 aliphatic carbocycles. The van der Waals surface area contributed by atoms with Gasteiger partial charge in [0.1, 0.15) is 29.9 Å².